The van der Waals surface area contributed by atoms with Crippen LogP contribution in [0.25, 0.3) is 0 Å². The molecule has 5 atom stereocenters. The molecule has 0 bridgehead atoms. The van der Waals surface area contributed by atoms with E-state index in [-0.39, 0.29) is 43.2 Å². The molecule has 0 aliphatic carbocycles. The lowest BCUT2D eigenvalue weighted by molar-refractivity contribution is -0.149. The number of fused-ring (bicyclic) bond motifs is 2. The van der Waals surface area contributed by atoms with Crippen molar-refractivity contribution in [2.45, 2.75) is 75.4 Å². The van der Waals surface area contributed by atoms with Gasteiger partial charge >= 0.3 is 0 Å². The first-order valence-electron chi connectivity index (χ1n) is 16.8. The Hall–Kier alpha value is -4.19. The molecular formula is C37H41FN4O5Si. The maximum absolute atomic E-state index is 16.4. The molecule has 3 aromatic carbocycles. The van der Waals surface area contributed by atoms with E-state index in [4.69, 9.17) is 9.84 Å². The van der Waals surface area contributed by atoms with E-state index < -0.39 is 31.6 Å². The van der Waals surface area contributed by atoms with Gasteiger partial charge in [-0.3, -0.25) is 19.3 Å². The topological polar surface area (TPSA) is 103 Å². The quantitative estimate of drug-likeness (QED) is 0.244. The molecule has 0 unspecified atom stereocenters. The van der Waals surface area contributed by atoms with Crippen LogP contribution in [0.3, 0.4) is 0 Å². The second-order valence-corrected chi connectivity index (χ2v) is 17.6. The van der Waals surface area contributed by atoms with Gasteiger partial charge in [0.2, 0.25) is 20.2 Å². The van der Waals surface area contributed by atoms with Gasteiger partial charge in [0.05, 0.1) is 42.3 Å². The number of ether oxygens (including phenoxy) is 1. The molecule has 250 valence electrons. The number of hydrogen-bond donors (Lipinski definition) is 1. The fourth-order valence-electron chi connectivity index (χ4n) is 8.36. The fourth-order valence-corrected chi connectivity index (χ4v) is 10.9. The third kappa shape index (κ3) is 5.28. The smallest absolute Gasteiger partial charge is 0.268 e. The number of aliphatic hydroxyl groups excluding tert-OH is 1. The molecule has 4 aliphatic heterocycles. The molecule has 0 aromatic heterocycles. The SMILES string of the molecule is C[C@H]1[C@H]([Si](C)(C)F)[C@@H](CC(=O)N2CCC[C@H]2CO)O[C@]12C(=O)N(c1ccccc1)c1ccc(N3N=C(c4ccccc4)CCC3=O)cc12. The van der Waals surface area contributed by atoms with Crippen LogP contribution < -0.4 is 9.91 Å². The Labute approximate surface area is 281 Å². The number of hydrazone groups is 1. The van der Waals surface area contributed by atoms with E-state index in [1.54, 1.807) is 35.0 Å². The summed E-state index contributed by atoms with van der Waals surface area (Å²) in [4.78, 5) is 45.2. The summed E-state index contributed by atoms with van der Waals surface area (Å²) in [6.07, 6.45) is 1.35. The first kappa shape index (κ1) is 32.4. The number of rotatable bonds is 7. The Balaban J connectivity index is 1.34. The monoisotopic (exact) mass is 668 g/mol. The summed E-state index contributed by atoms with van der Waals surface area (Å²) in [7, 11) is -3.53. The number of carbonyl (C=O) groups excluding carboxylic acids is 3. The van der Waals surface area contributed by atoms with Crippen LogP contribution in [0.1, 0.15) is 50.2 Å². The van der Waals surface area contributed by atoms with E-state index in [9.17, 15) is 19.5 Å². The van der Waals surface area contributed by atoms with Crippen molar-refractivity contribution in [3.63, 3.8) is 0 Å². The molecule has 2 fully saturated rings. The van der Waals surface area contributed by atoms with E-state index in [0.717, 1.165) is 17.7 Å². The molecule has 3 amide bonds. The van der Waals surface area contributed by atoms with Crippen LogP contribution in [-0.4, -0.2) is 67.1 Å². The molecule has 9 nitrogen and oxygen atoms in total. The first-order chi connectivity index (χ1) is 23.0. The summed E-state index contributed by atoms with van der Waals surface area (Å²) in [6, 6.07) is 24.1. The maximum Gasteiger partial charge on any atom is 0.268 e. The molecule has 4 aliphatic rings. The molecule has 4 heterocycles. The Morgan fingerprint density at radius 2 is 1.73 bits per heavy atom. The van der Waals surface area contributed by atoms with Crippen LogP contribution in [0.5, 0.6) is 0 Å². The number of anilines is 3. The van der Waals surface area contributed by atoms with Crippen molar-refractivity contribution in [1.82, 2.24) is 4.90 Å². The predicted octanol–water partition coefficient (Wildman–Crippen LogP) is 6.04. The Bertz CT molecular complexity index is 1770. The number of hydrogen-bond acceptors (Lipinski definition) is 6. The second-order valence-electron chi connectivity index (χ2n) is 13.8. The second kappa shape index (κ2) is 12.4. The number of amides is 3. The number of nitrogens with zero attached hydrogens (tertiary/aromatic N) is 4. The molecule has 1 spiro atoms. The molecular weight excluding hydrogens is 628 g/mol. The lowest BCUT2D eigenvalue weighted by Crippen LogP contribution is -2.44. The Morgan fingerprint density at radius 3 is 2.42 bits per heavy atom. The van der Waals surface area contributed by atoms with Crippen LogP contribution in [0, 0.1) is 5.92 Å². The average molecular weight is 669 g/mol. The number of halogens is 1. The number of carbonyl (C=O) groups is 3. The lowest BCUT2D eigenvalue weighted by Gasteiger charge is -2.31. The molecule has 1 N–H and O–H groups in total. The Morgan fingerprint density at radius 1 is 1.02 bits per heavy atom. The highest BCUT2D eigenvalue weighted by Crippen LogP contribution is 2.61. The zero-order valence-corrected chi connectivity index (χ0v) is 28.5. The molecule has 11 heteroatoms. The van der Waals surface area contributed by atoms with Gasteiger partial charge in [-0.25, -0.2) is 5.01 Å². The van der Waals surface area contributed by atoms with Crippen molar-refractivity contribution in [3.8, 4) is 0 Å². The largest absolute Gasteiger partial charge is 0.394 e. The van der Waals surface area contributed by atoms with E-state index in [0.29, 0.717) is 42.0 Å². The highest BCUT2D eigenvalue weighted by molar-refractivity contribution is 6.72. The highest BCUT2D eigenvalue weighted by Gasteiger charge is 2.67. The van der Waals surface area contributed by atoms with Gasteiger partial charge in [-0.05, 0) is 61.8 Å². The van der Waals surface area contributed by atoms with E-state index in [2.05, 4.69) is 0 Å². The molecule has 48 heavy (non-hydrogen) atoms. The maximum atomic E-state index is 16.4. The minimum atomic E-state index is -3.53. The molecule has 7 rings (SSSR count). The van der Waals surface area contributed by atoms with Crippen LogP contribution in [0.2, 0.25) is 18.6 Å². The number of likely N-dealkylation sites (tertiary alicyclic amines) is 1. The van der Waals surface area contributed by atoms with Crippen LogP contribution in [-0.2, 0) is 24.7 Å². The highest BCUT2D eigenvalue weighted by atomic mass is 28.4. The van der Waals surface area contributed by atoms with Crippen molar-refractivity contribution in [3.05, 3.63) is 90.0 Å². The summed E-state index contributed by atoms with van der Waals surface area (Å²) in [5.41, 5.74) is 1.68. The molecule has 0 saturated carbocycles. The van der Waals surface area contributed by atoms with Crippen molar-refractivity contribution < 1.29 is 28.3 Å². The third-order valence-electron chi connectivity index (χ3n) is 10.5. The third-order valence-corrected chi connectivity index (χ3v) is 13.0. The van der Waals surface area contributed by atoms with Crippen LogP contribution in [0.15, 0.2) is 84.0 Å². The van der Waals surface area contributed by atoms with Crippen LogP contribution >= 0.6 is 0 Å². The predicted molar refractivity (Wildman–Crippen MR) is 184 cm³/mol. The van der Waals surface area contributed by atoms with E-state index >= 15 is 4.11 Å². The normalized spacial score (nSPS) is 27.2. The van der Waals surface area contributed by atoms with Gasteiger partial charge in [-0.1, -0.05) is 55.5 Å². The summed E-state index contributed by atoms with van der Waals surface area (Å²) >= 11 is 0. The summed E-state index contributed by atoms with van der Waals surface area (Å²) in [6.45, 7) is 5.47. The van der Waals surface area contributed by atoms with Crippen molar-refractivity contribution >= 4 is 48.9 Å². The fraction of sp³-hybridized carbons (Fsp3) is 0.405. The minimum absolute atomic E-state index is 0.0867. The zero-order chi connectivity index (χ0) is 33.8. The van der Waals surface area contributed by atoms with Crippen LogP contribution in [0.4, 0.5) is 21.2 Å². The van der Waals surface area contributed by atoms with Crippen molar-refractivity contribution in [2.75, 3.05) is 23.1 Å². The van der Waals surface area contributed by atoms with Gasteiger partial charge in [-0.2, -0.15) is 5.10 Å². The standard InChI is InChI=1S/C37H41FN4O5Si/c1-24-35(48(2,3)38)32(22-34(45)40-20-10-15-28(40)23-43)47-37(24)29-21-27(16-18-31(29)41(36(37)46)26-13-8-5-9-14-26)42-33(44)19-17-30(39-42)25-11-6-4-7-12-25/h4-9,11-14,16,18,21,24,28,32,35,43H,10,15,17,19-20,22-23H2,1-3H3/t24-,28-,32+,35-,37+/m0/s1. The van der Waals surface area contributed by atoms with Crippen molar-refractivity contribution in [2.24, 2.45) is 11.0 Å². The lowest BCUT2D eigenvalue weighted by atomic mass is 9.82. The first-order valence-corrected chi connectivity index (χ1v) is 19.8. The van der Waals surface area contributed by atoms with Gasteiger partial charge in [0.1, 0.15) is 0 Å². The number of aliphatic hydroxyl groups is 1. The van der Waals surface area contributed by atoms with Gasteiger partial charge < -0.3 is 18.9 Å². The number of para-hydroxylation sites is 1. The van der Waals surface area contributed by atoms with Gasteiger partial charge in [0.15, 0.2) is 5.60 Å². The van der Waals surface area contributed by atoms with Crippen molar-refractivity contribution in [1.29, 1.82) is 0 Å². The molecule has 0 radical (unpaired) electrons. The number of benzene rings is 3. The summed E-state index contributed by atoms with van der Waals surface area (Å²) in [5.74, 6) is -1.34. The summed E-state index contributed by atoms with van der Waals surface area (Å²) in [5, 5.41) is 16.0. The zero-order valence-electron chi connectivity index (χ0n) is 27.5. The minimum Gasteiger partial charge on any atom is -0.394 e. The van der Waals surface area contributed by atoms with Gasteiger partial charge in [-0.15, -0.1) is 0 Å². The van der Waals surface area contributed by atoms with Gasteiger partial charge in [0.25, 0.3) is 5.91 Å². The van der Waals surface area contributed by atoms with Gasteiger partial charge in [0, 0.05) is 42.1 Å². The Kier molecular flexibility index (Phi) is 8.33. The molecule has 3 aromatic rings. The van der Waals surface area contributed by atoms with E-state index in [1.165, 1.54) is 5.01 Å². The van der Waals surface area contributed by atoms with E-state index in [1.807, 2.05) is 73.7 Å². The molecule has 2 saturated heterocycles. The summed E-state index contributed by atoms with van der Waals surface area (Å²) < 4.78 is 23.3. The average Bonchev–Trinajstić information content (AvgIpc) is 3.75.